The van der Waals surface area contributed by atoms with Gasteiger partial charge in [-0.05, 0) is 24.3 Å². The summed E-state index contributed by atoms with van der Waals surface area (Å²) < 4.78 is 10.7. The van der Waals surface area contributed by atoms with Crippen LogP contribution in [0.2, 0.25) is 0 Å². The van der Waals surface area contributed by atoms with Gasteiger partial charge in [0.2, 0.25) is 5.91 Å². The van der Waals surface area contributed by atoms with Crippen molar-refractivity contribution < 1.29 is 19.1 Å². The summed E-state index contributed by atoms with van der Waals surface area (Å²) in [6, 6.07) is 6.90. The summed E-state index contributed by atoms with van der Waals surface area (Å²) in [4.78, 5) is 24.9. The van der Waals surface area contributed by atoms with Crippen LogP contribution in [0.25, 0.3) is 0 Å². The fourth-order valence-electron chi connectivity index (χ4n) is 2.41. The summed E-state index contributed by atoms with van der Waals surface area (Å²) in [6.45, 7) is 0.970. The molecule has 6 heteroatoms. The van der Waals surface area contributed by atoms with Crippen molar-refractivity contribution in [3.63, 3.8) is 0 Å². The summed E-state index contributed by atoms with van der Waals surface area (Å²) in [7, 11) is 1.58. The Labute approximate surface area is 116 Å². The Morgan fingerprint density at radius 1 is 1.45 bits per heavy atom. The molecule has 0 aromatic heterocycles. The molecule has 2 fully saturated rings. The first-order valence-corrected chi connectivity index (χ1v) is 6.54. The van der Waals surface area contributed by atoms with E-state index in [0.29, 0.717) is 30.8 Å². The van der Waals surface area contributed by atoms with Crippen molar-refractivity contribution in [3.8, 4) is 5.75 Å². The average Bonchev–Trinajstić information content (AvgIpc) is 2.81. The normalized spacial score (nSPS) is 24.1. The molecule has 2 aliphatic rings. The zero-order chi connectivity index (χ0) is 14.1. The van der Waals surface area contributed by atoms with Gasteiger partial charge in [0.1, 0.15) is 12.0 Å². The second-order valence-electron chi connectivity index (χ2n) is 4.90. The fourth-order valence-corrected chi connectivity index (χ4v) is 2.41. The second kappa shape index (κ2) is 5.13. The molecule has 106 valence electrons. The van der Waals surface area contributed by atoms with Gasteiger partial charge in [0, 0.05) is 12.1 Å². The first kappa shape index (κ1) is 12.9. The van der Waals surface area contributed by atoms with Gasteiger partial charge in [-0.2, -0.15) is 0 Å². The van der Waals surface area contributed by atoms with Crippen LogP contribution in [0.3, 0.4) is 0 Å². The molecule has 0 bridgehead atoms. The van der Waals surface area contributed by atoms with E-state index in [1.165, 1.54) is 0 Å². The third kappa shape index (κ3) is 2.34. The van der Waals surface area contributed by atoms with Crippen LogP contribution >= 0.6 is 0 Å². The summed E-state index contributed by atoms with van der Waals surface area (Å²) in [5.41, 5.74) is 0.572. The standard InChI is InChI=1S/C14H16N2O4/c1-19-10-4-2-9(3-5-10)14(18)15-7-11-8-16-12(17)6-13(16)20-11/h2-5,11,13H,6-8H2,1H3,(H,15,18). The molecule has 0 aliphatic carbocycles. The molecule has 1 aromatic carbocycles. The van der Waals surface area contributed by atoms with Crippen LogP contribution in [0, 0.1) is 0 Å². The van der Waals surface area contributed by atoms with Crippen molar-refractivity contribution in [1.82, 2.24) is 10.2 Å². The zero-order valence-corrected chi connectivity index (χ0v) is 11.2. The van der Waals surface area contributed by atoms with Gasteiger partial charge in [-0.15, -0.1) is 0 Å². The van der Waals surface area contributed by atoms with E-state index in [0.717, 1.165) is 0 Å². The Hall–Kier alpha value is -2.08. The largest absolute Gasteiger partial charge is 0.497 e. The molecule has 6 nitrogen and oxygen atoms in total. The highest BCUT2D eigenvalue weighted by molar-refractivity contribution is 5.94. The Bertz CT molecular complexity index is 528. The molecule has 20 heavy (non-hydrogen) atoms. The van der Waals surface area contributed by atoms with E-state index in [1.54, 1.807) is 36.3 Å². The van der Waals surface area contributed by atoms with E-state index in [1.807, 2.05) is 0 Å². The molecular formula is C14H16N2O4. The van der Waals surface area contributed by atoms with E-state index in [4.69, 9.17) is 9.47 Å². The van der Waals surface area contributed by atoms with Gasteiger partial charge in [-0.3, -0.25) is 9.59 Å². The number of rotatable bonds is 4. The smallest absolute Gasteiger partial charge is 0.251 e. The number of carbonyl (C=O) groups is 2. The van der Waals surface area contributed by atoms with Crippen molar-refractivity contribution in [2.45, 2.75) is 18.8 Å². The Kier molecular flexibility index (Phi) is 3.31. The Morgan fingerprint density at radius 3 is 2.80 bits per heavy atom. The molecule has 1 N–H and O–H groups in total. The first-order valence-electron chi connectivity index (χ1n) is 6.54. The molecule has 2 amide bonds. The van der Waals surface area contributed by atoms with Crippen LogP contribution in [0.1, 0.15) is 16.8 Å². The molecule has 0 radical (unpaired) electrons. The lowest BCUT2D eigenvalue weighted by atomic mass is 10.2. The summed E-state index contributed by atoms with van der Waals surface area (Å²) in [6.07, 6.45) is 0.266. The predicted octanol–water partition coefficient (Wildman–Crippen LogP) is 0.382. The molecule has 1 aromatic rings. The quantitative estimate of drug-likeness (QED) is 0.807. The molecule has 0 spiro atoms. The summed E-state index contributed by atoms with van der Waals surface area (Å²) in [5, 5.41) is 2.82. The molecular weight excluding hydrogens is 260 g/mol. The number of hydrogen-bond acceptors (Lipinski definition) is 4. The SMILES string of the molecule is COc1ccc(C(=O)NCC2CN3C(=O)CC3O2)cc1. The van der Waals surface area contributed by atoms with Crippen molar-refractivity contribution in [1.29, 1.82) is 0 Å². The lowest BCUT2D eigenvalue weighted by Crippen LogP contribution is -2.48. The van der Waals surface area contributed by atoms with Crippen LogP contribution in [0.5, 0.6) is 5.75 Å². The van der Waals surface area contributed by atoms with Gasteiger partial charge in [0.15, 0.2) is 0 Å². The highest BCUT2D eigenvalue weighted by Gasteiger charge is 2.45. The summed E-state index contributed by atoms with van der Waals surface area (Å²) >= 11 is 0. The number of ether oxygens (including phenoxy) is 2. The van der Waals surface area contributed by atoms with Gasteiger partial charge >= 0.3 is 0 Å². The van der Waals surface area contributed by atoms with Gasteiger partial charge in [0.05, 0.1) is 26.2 Å². The number of nitrogens with one attached hydrogen (secondary N) is 1. The second-order valence-corrected chi connectivity index (χ2v) is 4.90. The van der Waals surface area contributed by atoms with Crippen molar-refractivity contribution in [2.75, 3.05) is 20.2 Å². The minimum absolute atomic E-state index is 0.0783. The predicted molar refractivity (Wildman–Crippen MR) is 70.3 cm³/mol. The first-order chi connectivity index (χ1) is 9.67. The number of hydrogen-bond donors (Lipinski definition) is 1. The van der Waals surface area contributed by atoms with Gasteiger partial charge in [-0.1, -0.05) is 0 Å². The van der Waals surface area contributed by atoms with Crippen LogP contribution in [-0.2, 0) is 9.53 Å². The van der Waals surface area contributed by atoms with Crippen molar-refractivity contribution in [3.05, 3.63) is 29.8 Å². The number of carbonyl (C=O) groups excluding carboxylic acids is 2. The molecule has 2 saturated heterocycles. The average molecular weight is 276 g/mol. The van der Waals surface area contributed by atoms with Crippen LogP contribution in [-0.4, -0.2) is 49.2 Å². The van der Waals surface area contributed by atoms with Crippen LogP contribution in [0.15, 0.2) is 24.3 Å². The lowest BCUT2D eigenvalue weighted by molar-refractivity contribution is -0.156. The number of amides is 2. The third-order valence-corrected chi connectivity index (χ3v) is 3.61. The maximum Gasteiger partial charge on any atom is 0.251 e. The van der Waals surface area contributed by atoms with Gasteiger partial charge in [-0.25, -0.2) is 0 Å². The highest BCUT2D eigenvalue weighted by Crippen LogP contribution is 2.28. The van der Waals surface area contributed by atoms with Crippen molar-refractivity contribution in [2.24, 2.45) is 0 Å². The summed E-state index contributed by atoms with van der Waals surface area (Å²) in [5.74, 6) is 0.680. The fraction of sp³-hybridized carbons (Fsp3) is 0.429. The van der Waals surface area contributed by atoms with Gasteiger partial charge < -0.3 is 19.7 Å². The van der Waals surface area contributed by atoms with E-state index in [9.17, 15) is 9.59 Å². The molecule has 3 rings (SSSR count). The minimum atomic E-state index is -0.156. The van der Waals surface area contributed by atoms with Crippen LogP contribution in [0.4, 0.5) is 0 Å². The number of methoxy groups -OCH3 is 1. The number of β-lactam (4-membered cyclic amide) rings is 1. The Balaban J connectivity index is 1.50. The lowest BCUT2D eigenvalue weighted by Gasteiger charge is -2.31. The van der Waals surface area contributed by atoms with E-state index >= 15 is 0 Å². The third-order valence-electron chi connectivity index (χ3n) is 3.61. The molecule has 2 aliphatic heterocycles. The number of benzene rings is 1. The van der Waals surface area contributed by atoms with Crippen molar-refractivity contribution >= 4 is 11.8 Å². The molecule has 0 saturated carbocycles. The number of nitrogens with zero attached hydrogens (tertiary/aromatic N) is 1. The van der Waals surface area contributed by atoms with Crippen LogP contribution < -0.4 is 10.1 Å². The molecule has 2 heterocycles. The number of fused-ring (bicyclic) bond motifs is 1. The monoisotopic (exact) mass is 276 g/mol. The highest BCUT2D eigenvalue weighted by atomic mass is 16.5. The van der Waals surface area contributed by atoms with E-state index < -0.39 is 0 Å². The molecule has 2 unspecified atom stereocenters. The topological polar surface area (TPSA) is 67.9 Å². The maximum absolute atomic E-state index is 12.0. The minimum Gasteiger partial charge on any atom is -0.497 e. The Morgan fingerprint density at radius 2 is 2.20 bits per heavy atom. The van der Waals surface area contributed by atoms with E-state index in [-0.39, 0.29) is 24.1 Å². The maximum atomic E-state index is 12.0. The molecule has 2 atom stereocenters. The van der Waals surface area contributed by atoms with Gasteiger partial charge in [0.25, 0.3) is 5.91 Å². The van der Waals surface area contributed by atoms with E-state index in [2.05, 4.69) is 5.32 Å². The zero-order valence-electron chi connectivity index (χ0n) is 11.2.